The van der Waals surface area contributed by atoms with Crippen LogP contribution in [0.3, 0.4) is 0 Å². The van der Waals surface area contributed by atoms with Crippen LogP contribution >= 0.6 is 0 Å². The second-order valence-electron chi connectivity index (χ2n) is 3.40. The Labute approximate surface area is 83.6 Å². The van der Waals surface area contributed by atoms with Crippen LogP contribution in [-0.2, 0) is 9.47 Å². The quantitative estimate of drug-likeness (QED) is 0.617. The third-order valence-electron chi connectivity index (χ3n) is 1.52. The minimum Gasteiger partial charge on any atom is -0.377 e. The second kappa shape index (κ2) is 8.08. The van der Waals surface area contributed by atoms with Crippen molar-refractivity contribution in [2.75, 3.05) is 19.8 Å². The maximum atomic E-state index is 11.6. The summed E-state index contributed by atoms with van der Waals surface area (Å²) in [4.78, 5) is 0. The summed E-state index contributed by atoms with van der Waals surface area (Å²) in [7, 11) is 0. The summed E-state index contributed by atoms with van der Waals surface area (Å²) in [6.07, 6.45) is -1.72. The number of alkyl halides is 2. The SMILES string of the molecule is CC(C)OCC(N)CCOCC(F)F. The number of hydrogen-bond acceptors (Lipinski definition) is 3. The first kappa shape index (κ1) is 13.7. The Bertz CT molecular complexity index is 134. The first-order chi connectivity index (χ1) is 6.52. The molecule has 0 aromatic heterocycles. The smallest absolute Gasteiger partial charge is 0.261 e. The fourth-order valence-electron chi connectivity index (χ4n) is 0.807. The van der Waals surface area contributed by atoms with Gasteiger partial charge >= 0.3 is 0 Å². The van der Waals surface area contributed by atoms with E-state index < -0.39 is 13.0 Å². The molecule has 2 N–H and O–H groups in total. The van der Waals surface area contributed by atoms with Crippen molar-refractivity contribution in [1.82, 2.24) is 0 Å². The molecule has 0 saturated carbocycles. The monoisotopic (exact) mass is 211 g/mol. The van der Waals surface area contributed by atoms with Gasteiger partial charge in [0.25, 0.3) is 6.43 Å². The molecule has 1 atom stereocenters. The van der Waals surface area contributed by atoms with Gasteiger partial charge in [-0.2, -0.15) is 0 Å². The molecule has 0 aliphatic carbocycles. The van der Waals surface area contributed by atoms with Crippen molar-refractivity contribution in [2.24, 2.45) is 5.73 Å². The summed E-state index contributed by atoms with van der Waals surface area (Å²) in [6.45, 7) is 4.01. The lowest BCUT2D eigenvalue weighted by Gasteiger charge is -2.14. The first-order valence-electron chi connectivity index (χ1n) is 4.75. The Hall–Kier alpha value is -0.260. The number of nitrogens with two attached hydrogens (primary N) is 1. The molecule has 0 rings (SSSR count). The van der Waals surface area contributed by atoms with Crippen LogP contribution < -0.4 is 5.73 Å². The maximum Gasteiger partial charge on any atom is 0.261 e. The third kappa shape index (κ3) is 9.83. The van der Waals surface area contributed by atoms with E-state index in [0.29, 0.717) is 13.0 Å². The summed E-state index contributed by atoms with van der Waals surface area (Å²) in [5, 5.41) is 0. The molecule has 0 saturated heterocycles. The summed E-state index contributed by atoms with van der Waals surface area (Å²) in [5.41, 5.74) is 5.65. The molecular formula is C9H19F2NO2. The predicted molar refractivity (Wildman–Crippen MR) is 50.5 cm³/mol. The molecule has 3 nitrogen and oxygen atoms in total. The van der Waals surface area contributed by atoms with Crippen LogP contribution in [0.1, 0.15) is 20.3 Å². The van der Waals surface area contributed by atoms with Gasteiger partial charge in [-0.3, -0.25) is 0 Å². The van der Waals surface area contributed by atoms with Crippen LogP contribution in [0, 0.1) is 0 Å². The fraction of sp³-hybridized carbons (Fsp3) is 1.00. The number of hydrogen-bond donors (Lipinski definition) is 1. The van der Waals surface area contributed by atoms with Gasteiger partial charge in [-0.25, -0.2) is 8.78 Å². The Morgan fingerprint density at radius 3 is 2.36 bits per heavy atom. The average Bonchev–Trinajstić information content (AvgIpc) is 2.08. The Morgan fingerprint density at radius 1 is 1.21 bits per heavy atom. The van der Waals surface area contributed by atoms with Crippen LogP contribution in [0.15, 0.2) is 0 Å². The van der Waals surface area contributed by atoms with Gasteiger partial charge in [0.05, 0.1) is 12.7 Å². The number of halogens is 2. The van der Waals surface area contributed by atoms with Crippen molar-refractivity contribution in [3.05, 3.63) is 0 Å². The van der Waals surface area contributed by atoms with Gasteiger partial charge in [-0.05, 0) is 20.3 Å². The average molecular weight is 211 g/mol. The summed E-state index contributed by atoms with van der Waals surface area (Å²) in [5.74, 6) is 0. The van der Waals surface area contributed by atoms with E-state index in [2.05, 4.69) is 4.74 Å². The van der Waals surface area contributed by atoms with Crippen molar-refractivity contribution in [3.8, 4) is 0 Å². The van der Waals surface area contributed by atoms with E-state index in [1.165, 1.54) is 0 Å². The van der Waals surface area contributed by atoms with Gasteiger partial charge in [0, 0.05) is 12.6 Å². The highest BCUT2D eigenvalue weighted by atomic mass is 19.3. The van der Waals surface area contributed by atoms with Crippen molar-refractivity contribution in [2.45, 2.75) is 38.8 Å². The fourth-order valence-corrected chi connectivity index (χ4v) is 0.807. The zero-order valence-electron chi connectivity index (χ0n) is 8.71. The molecular weight excluding hydrogens is 192 g/mol. The molecule has 0 radical (unpaired) electrons. The van der Waals surface area contributed by atoms with E-state index in [1.54, 1.807) is 0 Å². The largest absolute Gasteiger partial charge is 0.377 e. The minimum atomic E-state index is -2.40. The molecule has 0 bridgehead atoms. The number of ether oxygens (including phenoxy) is 2. The van der Waals surface area contributed by atoms with Gasteiger partial charge in [0.2, 0.25) is 0 Å². The van der Waals surface area contributed by atoms with E-state index in [9.17, 15) is 8.78 Å². The van der Waals surface area contributed by atoms with Gasteiger partial charge in [-0.1, -0.05) is 0 Å². The second-order valence-corrected chi connectivity index (χ2v) is 3.40. The van der Waals surface area contributed by atoms with Gasteiger partial charge < -0.3 is 15.2 Å². The molecule has 86 valence electrons. The Balaban J connectivity index is 3.22. The molecule has 0 fully saturated rings. The van der Waals surface area contributed by atoms with Crippen LogP contribution in [0.4, 0.5) is 8.78 Å². The van der Waals surface area contributed by atoms with Crippen LogP contribution in [0.2, 0.25) is 0 Å². The molecule has 0 spiro atoms. The van der Waals surface area contributed by atoms with E-state index in [1.807, 2.05) is 13.8 Å². The first-order valence-corrected chi connectivity index (χ1v) is 4.75. The molecule has 14 heavy (non-hydrogen) atoms. The maximum absolute atomic E-state index is 11.6. The predicted octanol–water partition coefficient (Wildman–Crippen LogP) is 1.41. The molecule has 0 aromatic rings. The third-order valence-corrected chi connectivity index (χ3v) is 1.52. The van der Waals surface area contributed by atoms with Gasteiger partial charge in [-0.15, -0.1) is 0 Å². The number of rotatable bonds is 8. The summed E-state index contributed by atoms with van der Waals surface area (Å²) < 4.78 is 33.2. The molecule has 0 heterocycles. The highest BCUT2D eigenvalue weighted by Gasteiger charge is 2.06. The highest BCUT2D eigenvalue weighted by Crippen LogP contribution is 1.97. The van der Waals surface area contributed by atoms with Gasteiger partial charge in [0.15, 0.2) is 0 Å². The zero-order chi connectivity index (χ0) is 11.0. The normalized spacial score (nSPS) is 13.9. The van der Waals surface area contributed by atoms with E-state index in [4.69, 9.17) is 10.5 Å². The van der Waals surface area contributed by atoms with E-state index in [-0.39, 0.29) is 18.8 Å². The van der Waals surface area contributed by atoms with E-state index >= 15 is 0 Å². The molecule has 0 aliphatic heterocycles. The topological polar surface area (TPSA) is 44.5 Å². The standard InChI is InChI=1S/C9H19F2NO2/c1-7(2)14-5-8(12)3-4-13-6-9(10)11/h7-9H,3-6,12H2,1-2H3. The molecule has 0 amide bonds. The van der Waals surface area contributed by atoms with E-state index in [0.717, 1.165) is 0 Å². The molecule has 0 aliphatic rings. The van der Waals surface area contributed by atoms with Gasteiger partial charge in [0.1, 0.15) is 6.61 Å². The lowest BCUT2D eigenvalue weighted by atomic mass is 10.2. The van der Waals surface area contributed by atoms with Crippen molar-refractivity contribution < 1.29 is 18.3 Å². The van der Waals surface area contributed by atoms with Crippen LogP contribution in [0.5, 0.6) is 0 Å². The molecule has 1 unspecified atom stereocenters. The lowest BCUT2D eigenvalue weighted by Crippen LogP contribution is -2.29. The zero-order valence-corrected chi connectivity index (χ0v) is 8.71. The molecule has 5 heteroatoms. The highest BCUT2D eigenvalue weighted by molar-refractivity contribution is 4.59. The van der Waals surface area contributed by atoms with Crippen LogP contribution in [0.25, 0.3) is 0 Å². The summed E-state index contributed by atoms with van der Waals surface area (Å²) >= 11 is 0. The lowest BCUT2D eigenvalue weighted by molar-refractivity contribution is 0.00944. The Kier molecular flexibility index (Phi) is 7.93. The van der Waals surface area contributed by atoms with Crippen molar-refractivity contribution >= 4 is 0 Å². The minimum absolute atomic E-state index is 0.142. The summed E-state index contributed by atoms with van der Waals surface area (Å²) in [6, 6.07) is -0.143. The molecule has 0 aromatic carbocycles. The van der Waals surface area contributed by atoms with Crippen molar-refractivity contribution in [1.29, 1.82) is 0 Å². The Morgan fingerprint density at radius 2 is 1.86 bits per heavy atom. The van der Waals surface area contributed by atoms with Crippen molar-refractivity contribution in [3.63, 3.8) is 0 Å². The van der Waals surface area contributed by atoms with Crippen LogP contribution in [-0.4, -0.2) is 38.4 Å².